The molecule has 0 aromatic carbocycles. The predicted octanol–water partition coefficient (Wildman–Crippen LogP) is 3.90. The first-order valence-electron chi connectivity index (χ1n) is 9.03. The van der Waals surface area contributed by atoms with Crippen LogP contribution in [0.1, 0.15) is 52.9 Å². The molecular formula is C20H28O2. The second-order valence-corrected chi connectivity index (χ2v) is 8.63. The summed E-state index contributed by atoms with van der Waals surface area (Å²) >= 11 is 0. The Labute approximate surface area is 133 Å². The van der Waals surface area contributed by atoms with Gasteiger partial charge < -0.3 is 5.11 Å². The van der Waals surface area contributed by atoms with Crippen LogP contribution in [0.4, 0.5) is 0 Å². The Bertz CT molecular complexity index is 572. The molecule has 4 aliphatic carbocycles. The van der Waals surface area contributed by atoms with E-state index in [2.05, 4.69) is 26.8 Å². The van der Waals surface area contributed by atoms with Gasteiger partial charge >= 0.3 is 0 Å². The number of carbonyl (C=O) groups excluding carboxylic acids is 1. The van der Waals surface area contributed by atoms with Crippen LogP contribution in [0, 0.1) is 35.0 Å². The highest BCUT2D eigenvalue weighted by molar-refractivity contribution is 5.91. The molecule has 22 heavy (non-hydrogen) atoms. The van der Waals surface area contributed by atoms with Crippen LogP contribution in [0.5, 0.6) is 0 Å². The van der Waals surface area contributed by atoms with E-state index in [0.717, 1.165) is 32.1 Å². The fourth-order valence-corrected chi connectivity index (χ4v) is 6.41. The Hall–Kier alpha value is -0.890. The highest BCUT2D eigenvalue weighted by Gasteiger charge is 2.56. The van der Waals surface area contributed by atoms with Crippen LogP contribution < -0.4 is 0 Å². The zero-order valence-corrected chi connectivity index (χ0v) is 14.0. The van der Waals surface area contributed by atoms with Gasteiger partial charge in [-0.2, -0.15) is 0 Å². The maximum atomic E-state index is 11.8. The molecule has 2 fully saturated rings. The van der Waals surface area contributed by atoms with Crippen molar-refractivity contribution in [2.75, 3.05) is 0 Å². The van der Waals surface area contributed by atoms with E-state index in [4.69, 9.17) is 0 Å². The van der Waals surface area contributed by atoms with Crippen LogP contribution in [0.3, 0.4) is 0 Å². The summed E-state index contributed by atoms with van der Waals surface area (Å²) in [6.45, 7) is 7.03. The Morgan fingerprint density at radius 1 is 1.27 bits per heavy atom. The minimum Gasteiger partial charge on any atom is -0.392 e. The minimum atomic E-state index is -0.192. The molecule has 2 unspecified atom stereocenters. The lowest BCUT2D eigenvalue weighted by atomic mass is 9.49. The fourth-order valence-electron chi connectivity index (χ4n) is 6.41. The molecule has 0 aliphatic heterocycles. The van der Waals surface area contributed by atoms with Crippen LogP contribution in [-0.4, -0.2) is 17.0 Å². The first-order valence-corrected chi connectivity index (χ1v) is 9.03. The Morgan fingerprint density at radius 2 is 2.05 bits per heavy atom. The molecule has 0 aromatic heterocycles. The molecule has 4 aliphatic rings. The number of ketones is 1. The Kier molecular flexibility index (Phi) is 3.21. The second-order valence-electron chi connectivity index (χ2n) is 8.63. The average molecular weight is 300 g/mol. The molecule has 0 spiro atoms. The molecule has 0 aromatic rings. The van der Waals surface area contributed by atoms with Crippen molar-refractivity contribution >= 4 is 5.78 Å². The lowest BCUT2D eigenvalue weighted by Crippen LogP contribution is -2.50. The third kappa shape index (κ3) is 1.86. The van der Waals surface area contributed by atoms with E-state index < -0.39 is 0 Å². The maximum absolute atomic E-state index is 11.8. The van der Waals surface area contributed by atoms with Crippen LogP contribution >= 0.6 is 0 Å². The molecule has 1 N–H and O–H groups in total. The van der Waals surface area contributed by atoms with Crippen molar-refractivity contribution in [2.45, 2.75) is 59.0 Å². The van der Waals surface area contributed by atoms with Gasteiger partial charge in [0.25, 0.3) is 0 Å². The Morgan fingerprint density at radius 3 is 2.82 bits per heavy atom. The number of aliphatic hydroxyl groups is 1. The second kappa shape index (κ2) is 4.80. The van der Waals surface area contributed by atoms with Crippen molar-refractivity contribution in [2.24, 2.45) is 35.0 Å². The standard InChI is InChI=1S/C20H28O2/c1-11-8-13-9-14(21)4-5-15(13)18-12(2)10-20(3)16(19(11)18)6-7-17(20)22/h6,9,11-12,15,17-19,22H,4-5,7-8,10H2,1-3H3/t11-,12?,15+,17?,18-,19+,20+/m1/s1. The summed E-state index contributed by atoms with van der Waals surface area (Å²) in [5.41, 5.74) is 2.98. The zero-order chi connectivity index (χ0) is 15.6. The van der Waals surface area contributed by atoms with Gasteiger partial charge in [0.05, 0.1) is 6.10 Å². The summed E-state index contributed by atoms with van der Waals surface area (Å²) in [7, 11) is 0. The van der Waals surface area contributed by atoms with E-state index >= 15 is 0 Å². The van der Waals surface area contributed by atoms with Gasteiger partial charge in [0.2, 0.25) is 0 Å². The van der Waals surface area contributed by atoms with Gasteiger partial charge in [0.15, 0.2) is 5.78 Å². The fraction of sp³-hybridized carbons (Fsp3) is 0.750. The predicted molar refractivity (Wildman–Crippen MR) is 87.2 cm³/mol. The van der Waals surface area contributed by atoms with Gasteiger partial charge in [-0.3, -0.25) is 4.79 Å². The number of hydrogen-bond donors (Lipinski definition) is 1. The highest BCUT2D eigenvalue weighted by atomic mass is 16.3. The van der Waals surface area contributed by atoms with Crippen LogP contribution in [0.25, 0.3) is 0 Å². The van der Waals surface area contributed by atoms with Crippen LogP contribution in [0.2, 0.25) is 0 Å². The zero-order valence-electron chi connectivity index (χ0n) is 14.0. The van der Waals surface area contributed by atoms with Crippen molar-refractivity contribution in [3.8, 4) is 0 Å². The summed E-state index contributed by atoms with van der Waals surface area (Å²) in [5.74, 6) is 3.45. The van der Waals surface area contributed by atoms with Crippen LogP contribution in [-0.2, 0) is 4.79 Å². The lowest BCUT2D eigenvalue weighted by molar-refractivity contribution is -0.116. The van der Waals surface area contributed by atoms with Crippen molar-refractivity contribution in [3.05, 3.63) is 23.3 Å². The number of hydrogen-bond acceptors (Lipinski definition) is 2. The van der Waals surface area contributed by atoms with E-state index in [-0.39, 0.29) is 11.5 Å². The molecule has 0 bridgehead atoms. The normalized spacial score (nSPS) is 50.6. The summed E-state index contributed by atoms with van der Waals surface area (Å²) in [5, 5.41) is 10.5. The van der Waals surface area contributed by atoms with E-state index in [0.29, 0.717) is 35.4 Å². The van der Waals surface area contributed by atoms with Crippen molar-refractivity contribution in [3.63, 3.8) is 0 Å². The third-order valence-electron chi connectivity index (χ3n) is 7.29. The number of fused-ring (bicyclic) bond motifs is 5. The van der Waals surface area contributed by atoms with Crippen molar-refractivity contribution in [1.29, 1.82) is 0 Å². The van der Waals surface area contributed by atoms with Crippen LogP contribution in [0.15, 0.2) is 23.3 Å². The molecule has 0 saturated heterocycles. The smallest absolute Gasteiger partial charge is 0.155 e. The molecule has 0 amide bonds. The van der Waals surface area contributed by atoms with Gasteiger partial charge in [-0.25, -0.2) is 0 Å². The molecule has 120 valence electrons. The minimum absolute atomic E-state index is 0.000543. The van der Waals surface area contributed by atoms with E-state index in [1.807, 2.05) is 6.08 Å². The van der Waals surface area contributed by atoms with E-state index in [1.54, 1.807) is 5.57 Å². The molecule has 4 rings (SSSR count). The maximum Gasteiger partial charge on any atom is 0.155 e. The summed E-state index contributed by atoms with van der Waals surface area (Å²) in [4.78, 5) is 11.8. The van der Waals surface area contributed by atoms with E-state index in [9.17, 15) is 9.90 Å². The number of carbonyl (C=O) groups is 1. The molecule has 0 radical (unpaired) electrons. The van der Waals surface area contributed by atoms with Gasteiger partial charge in [0.1, 0.15) is 0 Å². The average Bonchev–Trinajstić information content (AvgIpc) is 2.74. The topological polar surface area (TPSA) is 37.3 Å². The van der Waals surface area contributed by atoms with Crippen molar-refractivity contribution in [1.82, 2.24) is 0 Å². The SMILES string of the molecule is CC1C[C@@]2(C)C(=CCC2O)[C@H]2[C@H]1[C@H]1CCC(=O)C=C1C[C@H]2C. The van der Waals surface area contributed by atoms with Gasteiger partial charge in [-0.1, -0.05) is 38.0 Å². The monoisotopic (exact) mass is 300 g/mol. The number of allylic oxidation sites excluding steroid dienone is 2. The quantitative estimate of drug-likeness (QED) is 0.689. The lowest BCUT2D eigenvalue weighted by Gasteiger charge is -2.56. The summed E-state index contributed by atoms with van der Waals surface area (Å²) in [6.07, 6.45) is 8.93. The molecule has 7 atom stereocenters. The van der Waals surface area contributed by atoms with E-state index in [1.165, 1.54) is 5.57 Å². The first kappa shape index (κ1) is 14.7. The van der Waals surface area contributed by atoms with Gasteiger partial charge in [-0.05, 0) is 61.3 Å². The summed E-state index contributed by atoms with van der Waals surface area (Å²) < 4.78 is 0. The Balaban J connectivity index is 1.76. The van der Waals surface area contributed by atoms with Gasteiger partial charge in [0, 0.05) is 11.8 Å². The highest BCUT2D eigenvalue weighted by Crippen LogP contribution is 2.62. The molecule has 2 nitrogen and oxygen atoms in total. The first-order chi connectivity index (χ1) is 10.4. The number of rotatable bonds is 0. The molecule has 2 saturated carbocycles. The molecular weight excluding hydrogens is 272 g/mol. The summed E-state index contributed by atoms with van der Waals surface area (Å²) in [6, 6.07) is 0. The van der Waals surface area contributed by atoms with Gasteiger partial charge in [-0.15, -0.1) is 0 Å². The third-order valence-corrected chi connectivity index (χ3v) is 7.29. The number of aliphatic hydroxyl groups excluding tert-OH is 1. The molecule has 2 heteroatoms. The molecule has 0 heterocycles. The van der Waals surface area contributed by atoms with Crippen molar-refractivity contribution < 1.29 is 9.90 Å². The largest absolute Gasteiger partial charge is 0.392 e.